The van der Waals surface area contributed by atoms with E-state index >= 15 is 0 Å². The maximum Gasteiger partial charge on any atom is 0.132 e. The first-order valence-electron chi connectivity index (χ1n) is 8.42. The molecule has 3 rings (SSSR count). The number of hydrogen-bond acceptors (Lipinski definition) is 5. The zero-order valence-corrected chi connectivity index (χ0v) is 13.9. The maximum atomic E-state index is 10.8. The first-order chi connectivity index (χ1) is 10.5. The van der Waals surface area contributed by atoms with Gasteiger partial charge in [-0.3, -0.25) is 0 Å². The van der Waals surface area contributed by atoms with E-state index in [0.29, 0.717) is 25.7 Å². The molecule has 2 aliphatic rings. The molecular weight excluding hydrogens is 278 g/mol. The van der Waals surface area contributed by atoms with E-state index in [2.05, 4.69) is 27.9 Å². The van der Waals surface area contributed by atoms with Gasteiger partial charge in [0.15, 0.2) is 0 Å². The number of hydrogen-bond donors (Lipinski definition) is 1. The van der Waals surface area contributed by atoms with Crippen molar-refractivity contribution in [1.82, 2.24) is 9.97 Å². The van der Waals surface area contributed by atoms with E-state index in [9.17, 15) is 5.11 Å². The van der Waals surface area contributed by atoms with E-state index in [1.807, 2.05) is 13.8 Å². The van der Waals surface area contributed by atoms with Crippen LogP contribution in [0.4, 0.5) is 5.82 Å². The number of aromatic nitrogens is 2. The Morgan fingerprint density at radius 3 is 3.00 bits per heavy atom. The van der Waals surface area contributed by atoms with Crippen molar-refractivity contribution in [2.45, 2.75) is 58.1 Å². The lowest BCUT2D eigenvalue weighted by atomic mass is 9.79. The van der Waals surface area contributed by atoms with Crippen LogP contribution in [0.2, 0.25) is 0 Å². The van der Waals surface area contributed by atoms with Gasteiger partial charge in [0.05, 0.1) is 12.2 Å². The summed E-state index contributed by atoms with van der Waals surface area (Å²) in [6.07, 6.45) is 3.86. The van der Waals surface area contributed by atoms with Crippen molar-refractivity contribution in [2.75, 3.05) is 24.7 Å². The van der Waals surface area contributed by atoms with Gasteiger partial charge in [-0.05, 0) is 39.5 Å². The third-order valence-corrected chi connectivity index (χ3v) is 5.15. The fourth-order valence-corrected chi connectivity index (χ4v) is 3.82. The smallest absolute Gasteiger partial charge is 0.132 e. The average Bonchev–Trinajstić information content (AvgIpc) is 2.95. The summed E-state index contributed by atoms with van der Waals surface area (Å²) in [7, 11) is 0. The van der Waals surface area contributed by atoms with Crippen LogP contribution in [0.15, 0.2) is 6.07 Å². The van der Waals surface area contributed by atoms with Crippen molar-refractivity contribution in [3.05, 3.63) is 17.6 Å². The number of ether oxygens (including phenoxy) is 1. The van der Waals surface area contributed by atoms with Crippen molar-refractivity contribution in [3.8, 4) is 0 Å². The van der Waals surface area contributed by atoms with Gasteiger partial charge in [0, 0.05) is 36.9 Å². The summed E-state index contributed by atoms with van der Waals surface area (Å²) in [5.41, 5.74) is 0.432. The summed E-state index contributed by atoms with van der Waals surface area (Å²) in [5, 5.41) is 10.8. The molecule has 0 aromatic carbocycles. The van der Waals surface area contributed by atoms with Crippen LogP contribution in [0.3, 0.4) is 0 Å². The quantitative estimate of drug-likeness (QED) is 0.927. The number of nitrogens with zero attached hydrogens (tertiary/aromatic N) is 3. The van der Waals surface area contributed by atoms with Crippen molar-refractivity contribution < 1.29 is 9.84 Å². The van der Waals surface area contributed by atoms with Gasteiger partial charge in [-0.2, -0.15) is 0 Å². The zero-order valence-electron chi connectivity index (χ0n) is 13.9. The Morgan fingerprint density at radius 2 is 2.27 bits per heavy atom. The van der Waals surface area contributed by atoms with Gasteiger partial charge in [-0.1, -0.05) is 6.92 Å². The van der Waals surface area contributed by atoms with E-state index in [0.717, 1.165) is 43.1 Å². The van der Waals surface area contributed by atoms with Crippen molar-refractivity contribution in [1.29, 1.82) is 0 Å². The second-order valence-corrected chi connectivity index (χ2v) is 6.81. The van der Waals surface area contributed by atoms with E-state index in [-0.39, 0.29) is 5.92 Å². The van der Waals surface area contributed by atoms with Crippen LogP contribution in [0.5, 0.6) is 0 Å². The van der Waals surface area contributed by atoms with Crippen molar-refractivity contribution in [3.63, 3.8) is 0 Å². The van der Waals surface area contributed by atoms with Crippen LogP contribution in [-0.2, 0) is 11.2 Å². The average molecular weight is 305 g/mol. The second kappa shape index (κ2) is 6.13. The molecule has 3 atom stereocenters. The summed E-state index contributed by atoms with van der Waals surface area (Å²) < 4.78 is 5.66. The molecule has 0 saturated carbocycles. The molecule has 0 unspecified atom stereocenters. The molecule has 1 N–H and O–H groups in total. The van der Waals surface area contributed by atoms with E-state index in [1.54, 1.807) is 0 Å². The molecule has 3 heterocycles. The van der Waals surface area contributed by atoms with E-state index < -0.39 is 5.60 Å². The molecule has 1 aromatic heterocycles. The second-order valence-electron chi connectivity index (χ2n) is 6.81. The number of rotatable bonds is 3. The number of anilines is 1. The largest absolute Gasteiger partial charge is 0.390 e. The molecule has 0 spiro atoms. The Hall–Kier alpha value is -1.20. The highest BCUT2D eigenvalue weighted by atomic mass is 16.5. The third kappa shape index (κ3) is 2.97. The predicted molar refractivity (Wildman–Crippen MR) is 86.1 cm³/mol. The Morgan fingerprint density at radius 1 is 1.45 bits per heavy atom. The number of aliphatic hydroxyl groups is 1. The molecule has 2 aliphatic heterocycles. The van der Waals surface area contributed by atoms with Crippen LogP contribution in [0.25, 0.3) is 0 Å². The highest BCUT2D eigenvalue weighted by Crippen LogP contribution is 2.37. The van der Waals surface area contributed by atoms with Gasteiger partial charge in [0.2, 0.25) is 0 Å². The normalized spacial score (nSPS) is 32.5. The van der Waals surface area contributed by atoms with Crippen LogP contribution >= 0.6 is 0 Å². The van der Waals surface area contributed by atoms with E-state index in [4.69, 9.17) is 4.74 Å². The Labute approximate surface area is 132 Å². The summed E-state index contributed by atoms with van der Waals surface area (Å²) >= 11 is 0. The molecule has 122 valence electrons. The van der Waals surface area contributed by atoms with E-state index in [1.165, 1.54) is 0 Å². The Balaban J connectivity index is 1.88. The molecule has 1 aromatic rings. The maximum absolute atomic E-state index is 10.8. The minimum absolute atomic E-state index is 0.143. The van der Waals surface area contributed by atoms with Crippen LogP contribution in [-0.4, -0.2) is 46.5 Å². The topological polar surface area (TPSA) is 58.5 Å². The van der Waals surface area contributed by atoms with Crippen LogP contribution in [0, 0.1) is 12.8 Å². The molecule has 2 saturated heterocycles. The molecule has 0 amide bonds. The first-order valence-corrected chi connectivity index (χ1v) is 8.42. The first kappa shape index (κ1) is 15.7. The molecule has 5 heteroatoms. The van der Waals surface area contributed by atoms with Gasteiger partial charge >= 0.3 is 0 Å². The number of aryl methyl sites for hydroxylation is 2. The fourth-order valence-electron chi connectivity index (χ4n) is 3.82. The monoisotopic (exact) mass is 305 g/mol. The van der Waals surface area contributed by atoms with Crippen LogP contribution in [0.1, 0.15) is 44.6 Å². The zero-order chi connectivity index (χ0) is 15.7. The molecule has 0 bridgehead atoms. The van der Waals surface area contributed by atoms with Crippen molar-refractivity contribution >= 4 is 5.82 Å². The fraction of sp³-hybridized carbons (Fsp3) is 0.765. The highest BCUT2D eigenvalue weighted by Gasteiger charge is 2.44. The summed E-state index contributed by atoms with van der Waals surface area (Å²) in [5.74, 6) is 1.98. The molecule has 0 radical (unpaired) electrons. The lowest BCUT2D eigenvalue weighted by molar-refractivity contribution is -0.108. The minimum Gasteiger partial charge on any atom is -0.390 e. The highest BCUT2D eigenvalue weighted by molar-refractivity contribution is 5.43. The molecule has 22 heavy (non-hydrogen) atoms. The van der Waals surface area contributed by atoms with Gasteiger partial charge in [0.1, 0.15) is 11.6 Å². The summed E-state index contributed by atoms with van der Waals surface area (Å²) in [4.78, 5) is 11.5. The minimum atomic E-state index is -0.652. The SMILES string of the molecule is CCc1cc(N2CCC[C@@H]2[C@H]2COCC[C@@]2(C)O)nc(C)n1. The molecule has 5 nitrogen and oxygen atoms in total. The Bertz CT molecular complexity index is 533. The Kier molecular flexibility index (Phi) is 4.37. The molecule has 2 fully saturated rings. The van der Waals surface area contributed by atoms with Gasteiger partial charge in [-0.25, -0.2) is 9.97 Å². The predicted octanol–water partition coefficient (Wildman–Crippen LogP) is 2.10. The summed E-state index contributed by atoms with van der Waals surface area (Å²) in [6.45, 7) is 8.32. The van der Waals surface area contributed by atoms with Crippen LogP contribution < -0.4 is 4.90 Å². The van der Waals surface area contributed by atoms with Crippen molar-refractivity contribution in [2.24, 2.45) is 5.92 Å². The van der Waals surface area contributed by atoms with Gasteiger partial charge < -0.3 is 14.7 Å². The standard InChI is InChI=1S/C17H27N3O2/c1-4-13-10-16(19-12(2)18-13)20-8-5-6-15(20)14-11-22-9-7-17(14,3)21/h10,14-15,21H,4-9,11H2,1-3H3/t14-,15-,17-/m1/s1. The van der Waals surface area contributed by atoms with Gasteiger partial charge in [0.25, 0.3) is 0 Å². The van der Waals surface area contributed by atoms with Gasteiger partial charge in [-0.15, -0.1) is 0 Å². The lowest BCUT2D eigenvalue weighted by Crippen LogP contribution is -2.52. The molecular formula is C17H27N3O2. The summed E-state index contributed by atoms with van der Waals surface area (Å²) in [6, 6.07) is 2.40. The molecule has 0 aliphatic carbocycles. The lowest BCUT2D eigenvalue weighted by Gasteiger charge is -2.43. The third-order valence-electron chi connectivity index (χ3n) is 5.15.